The van der Waals surface area contributed by atoms with Gasteiger partial charge in [-0.1, -0.05) is 12.8 Å². The fraction of sp³-hybridized carbons (Fsp3) is 0.933. The topological polar surface area (TPSA) is 44.8 Å². The quantitative estimate of drug-likeness (QED) is 0.779. The van der Waals surface area contributed by atoms with Crippen LogP contribution in [0.1, 0.15) is 32.1 Å². The molecule has 0 aromatic rings. The lowest BCUT2D eigenvalue weighted by Crippen LogP contribution is -2.43. The van der Waals surface area contributed by atoms with Crippen molar-refractivity contribution in [3.63, 3.8) is 0 Å². The second kappa shape index (κ2) is 7.96. The number of rotatable bonds is 6. The predicted octanol–water partition coefficient (Wildman–Crippen LogP) is 0.698. The Balaban J connectivity index is 1.65. The molecule has 5 nitrogen and oxygen atoms in total. The number of morpholine rings is 1. The Labute approximate surface area is 122 Å². The molecule has 2 fully saturated rings. The number of likely N-dealkylation sites (N-methyl/N-ethyl adjacent to an activating group) is 2. The van der Waals surface area contributed by atoms with Crippen molar-refractivity contribution < 1.29 is 9.53 Å². The summed E-state index contributed by atoms with van der Waals surface area (Å²) < 4.78 is 5.59. The number of amides is 1. The van der Waals surface area contributed by atoms with Gasteiger partial charge in [0.05, 0.1) is 19.1 Å². The van der Waals surface area contributed by atoms with Crippen LogP contribution in [0.25, 0.3) is 0 Å². The van der Waals surface area contributed by atoms with Crippen molar-refractivity contribution >= 4 is 5.91 Å². The Kier molecular flexibility index (Phi) is 6.26. The zero-order valence-corrected chi connectivity index (χ0v) is 12.9. The third kappa shape index (κ3) is 4.72. The van der Waals surface area contributed by atoms with E-state index >= 15 is 0 Å². The van der Waals surface area contributed by atoms with Gasteiger partial charge in [0, 0.05) is 39.3 Å². The number of hydrogen-bond acceptors (Lipinski definition) is 4. The summed E-state index contributed by atoms with van der Waals surface area (Å²) in [6.07, 6.45) is 5.89. The number of ether oxygens (including phenoxy) is 1. The van der Waals surface area contributed by atoms with Gasteiger partial charge in [-0.05, 0) is 19.9 Å². The van der Waals surface area contributed by atoms with E-state index in [9.17, 15) is 4.79 Å². The van der Waals surface area contributed by atoms with Crippen LogP contribution in [0.2, 0.25) is 0 Å². The third-order valence-corrected chi connectivity index (χ3v) is 4.57. The fourth-order valence-electron chi connectivity index (χ4n) is 3.06. The van der Waals surface area contributed by atoms with E-state index in [-0.39, 0.29) is 12.0 Å². The molecule has 0 radical (unpaired) electrons. The molecule has 1 saturated carbocycles. The van der Waals surface area contributed by atoms with E-state index in [4.69, 9.17) is 4.74 Å². The molecule has 1 saturated heterocycles. The smallest absolute Gasteiger partial charge is 0.225 e. The van der Waals surface area contributed by atoms with Crippen LogP contribution in [-0.4, -0.2) is 74.7 Å². The first kappa shape index (κ1) is 15.7. The van der Waals surface area contributed by atoms with Crippen LogP contribution >= 0.6 is 0 Å². The van der Waals surface area contributed by atoms with Gasteiger partial charge in [-0.3, -0.25) is 4.79 Å². The molecule has 0 aromatic carbocycles. The summed E-state index contributed by atoms with van der Waals surface area (Å²) in [7, 11) is 4.09. The molecule has 0 spiro atoms. The van der Waals surface area contributed by atoms with Gasteiger partial charge >= 0.3 is 0 Å². The minimum atomic E-state index is 0.0475. The normalized spacial score (nSPS) is 24.2. The Hall–Kier alpha value is -0.650. The van der Waals surface area contributed by atoms with Gasteiger partial charge in [-0.25, -0.2) is 0 Å². The summed E-state index contributed by atoms with van der Waals surface area (Å²) in [6.45, 7) is 4.18. The highest BCUT2D eigenvalue weighted by Crippen LogP contribution is 2.22. The maximum absolute atomic E-state index is 12.1. The molecule has 1 N–H and O–H groups in total. The molecule has 2 rings (SSSR count). The van der Waals surface area contributed by atoms with E-state index in [1.165, 1.54) is 25.7 Å². The minimum absolute atomic E-state index is 0.0475. The van der Waals surface area contributed by atoms with Gasteiger partial charge in [0.15, 0.2) is 0 Å². The molecule has 2 aliphatic rings. The van der Waals surface area contributed by atoms with E-state index in [1.54, 1.807) is 0 Å². The summed E-state index contributed by atoms with van der Waals surface area (Å²) in [5.41, 5.74) is 0. The van der Waals surface area contributed by atoms with E-state index in [0.29, 0.717) is 13.0 Å². The zero-order chi connectivity index (χ0) is 14.4. The molecule has 20 heavy (non-hydrogen) atoms. The van der Waals surface area contributed by atoms with Gasteiger partial charge in [0.1, 0.15) is 0 Å². The van der Waals surface area contributed by atoms with Crippen molar-refractivity contribution in [3.05, 3.63) is 0 Å². The maximum atomic E-state index is 12.1. The molecule has 116 valence electrons. The molecular formula is C15H29N3O2. The van der Waals surface area contributed by atoms with Gasteiger partial charge in [0.25, 0.3) is 0 Å². The highest BCUT2D eigenvalue weighted by molar-refractivity contribution is 5.76. The van der Waals surface area contributed by atoms with Gasteiger partial charge < -0.3 is 19.9 Å². The second-order valence-electron chi connectivity index (χ2n) is 6.14. The average Bonchev–Trinajstić information content (AvgIpc) is 2.99. The first-order chi connectivity index (χ1) is 9.66. The number of nitrogens with one attached hydrogen (secondary N) is 1. The molecule has 1 atom stereocenters. The van der Waals surface area contributed by atoms with Crippen LogP contribution in [0.5, 0.6) is 0 Å². The third-order valence-electron chi connectivity index (χ3n) is 4.57. The molecule has 1 aliphatic carbocycles. The van der Waals surface area contributed by atoms with E-state index in [1.807, 2.05) is 11.9 Å². The standard InChI is InChI=1S/C15H29N3O2/c1-17(13-5-3-4-6-13)8-9-18(2)15(19)11-14-12-16-7-10-20-14/h13-14,16H,3-12H2,1-2H3/t14-/m1/s1. The van der Waals surface area contributed by atoms with Crippen LogP contribution in [0.3, 0.4) is 0 Å². The zero-order valence-electron chi connectivity index (χ0n) is 12.9. The van der Waals surface area contributed by atoms with Crippen LogP contribution in [0, 0.1) is 0 Å². The first-order valence-corrected chi connectivity index (χ1v) is 7.93. The van der Waals surface area contributed by atoms with Crippen molar-refractivity contribution in [1.82, 2.24) is 15.1 Å². The van der Waals surface area contributed by atoms with Gasteiger partial charge in [0.2, 0.25) is 5.91 Å². The monoisotopic (exact) mass is 283 g/mol. The highest BCUT2D eigenvalue weighted by Gasteiger charge is 2.22. The Morgan fingerprint density at radius 1 is 1.25 bits per heavy atom. The molecule has 1 heterocycles. The van der Waals surface area contributed by atoms with Crippen LogP contribution in [0.4, 0.5) is 0 Å². The lowest BCUT2D eigenvalue weighted by molar-refractivity contribution is -0.133. The van der Waals surface area contributed by atoms with Gasteiger partial charge in [-0.2, -0.15) is 0 Å². The maximum Gasteiger partial charge on any atom is 0.225 e. The SMILES string of the molecule is CN(CCN(C)C1CCCC1)C(=O)C[C@@H]1CNCCO1. The number of hydrogen-bond donors (Lipinski definition) is 1. The number of carbonyl (C=O) groups excluding carboxylic acids is 1. The first-order valence-electron chi connectivity index (χ1n) is 7.93. The Bertz CT molecular complexity index is 299. The summed E-state index contributed by atoms with van der Waals surface area (Å²) >= 11 is 0. The summed E-state index contributed by atoms with van der Waals surface area (Å²) in [4.78, 5) is 16.4. The molecular weight excluding hydrogens is 254 g/mol. The Morgan fingerprint density at radius 3 is 2.65 bits per heavy atom. The Morgan fingerprint density at radius 2 is 2.00 bits per heavy atom. The summed E-state index contributed by atoms with van der Waals surface area (Å²) in [6, 6.07) is 0.726. The average molecular weight is 283 g/mol. The van der Waals surface area contributed by atoms with Crippen molar-refractivity contribution in [2.75, 3.05) is 46.9 Å². The largest absolute Gasteiger partial charge is 0.375 e. The number of carbonyl (C=O) groups is 1. The van der Waals surface area contributed by atoms with Crippen molar-refractivity contribution in [2.45, 2.75) is 44.2 Å². The molecule has 5 heteroatoms. The predicted molar refractivity (Wildman–Crippen MR) is 79.7 cm³/mol. The summed E-state index contributed by atoms with van der Waals surface area (Å²) in [5, 5.41) is 3.26. The molecule has 0 unspecified atom stereocenters. The molecule has 0 aromatic heterocycles. The molecule has 1 amide bonds. The van der Waals surface area contributed by atoms with E-state index < -0.39 is 0 Å². The number of nitrogens with zero attached hydrogens (tertiary/aromatic N) is 2. The molecule has 1 aliphatic heterocycles. The van der Waals surface area contributed by atoms with Crippen molar-refractivity contribution in [1.29, 1.82) is 0 Å². The molecule has 0 bridgehead atoms. The van der Waals surface area contributed by atoms with Crippen molar-refractivity contribution in [2.24, 2.45) is 0 Å². The van der Waals surface area contributed by atoms with Crippen LogP contribution < -0.4 is 5.32 Å². The highest BCUT2D eigenvalue weighted by atomic mass is 16.5. The van der Waals surface area contributed by atoms with Crippen LogP contribution in [-0.2, 0) is 9.53 Å². The minimum Gasteiger partial charge on any atom is -0.375 e. The van der Waals surface area contributed by atoms with Crippen molar-refractivity contribution in [3.8, 4) is 0 Å². The van der Waals surface area contributed by atoms with Gasteiger partial charge in [-0.15, -0.1) is 0 Å². The van der Waals surface area contributed by atoms with E-state index in [2.05, 4.69) is 17.3 Å². The second-order valence-corrected chi connectivity index (χ2v) is 6.14. The lowest BCUT2D eigenvalue weighted by atomic mass is 10.2. The lowest BCUT2D eigenvalue weighted by Gasteiger charge is -2.28. The van der Waals surface area contributed by atoms with Crippen LogP contribution in [0.15, 0.2) is 0 Å². The van der Waals surface area contributed by atoms with E-state index in [0.717, 1.165) is 32.2 Å². The summed E-state index contributed by atoms with van der Waals surface area (Å²) in [5.74, 6) is 0.193. The fourth-order valence-corrected chi connectivity index (χ4v) is 3.06.